The predicted molar refractivity (Wildman–Crippen MR) is 132 cm³/mol. The zero-order chi connectivity index (χ0) is 23.5. The van der Waals surface area contributed by atoms with Crippen LogP contribution >= 0.6 is 11.6 Å². The molecule has 33 heavy (non-hydrogen) atoms. The first kappa shape index (κ1) is 24.0. The smallest absolute Gasteiger partial charge is 0.269 e. The van der Waals surface area contributed by atoms with Gasteiger partial charge in [0.1, 0.15) is 5.02 Å². The van der Waals surface area contributed by atoms with Crippen LogP contribution in [0.5, 0.6) is 0 Å². The van der Waals surface area contributed by atoms with E-state index < -0.39 is 0 Å². The number of hydrogen-bond donors (Lipinski definition) is 2. The lowest BCUT2D eigenvalue weighted by Crippen LogP contribution is -2.35. The summed E-state index contributed by atoms with van der Waals surface area (Å²) in [6.45, 7) is 7.04. The lowest BCUT2D eigenvalue weighted by Gasteiger charge is -2.28. The van der Waals surface area contributed by atoms with Gasteiger partial charge in [-0.15, -0.1) is 0 Å². The Morgan fingerprint density at radius 2 is 1.94 bits per heavy atom. The van der Waals surface area contributed by atoms with Crippen molar-refractivity contribution in [3.63, 3.8) is 0 Å². The van der Waals surface area contributed by atoms with Gasteiger partial charge in [-0.25, -0.2) is 5.84 Å². The van der Waals surface area contributed by atoms with E-state index in [9.17, 15) is 9.59 Å². The number of amides is 1. The first-order valence-corrected chi connectivity index (χ1v) is 12.5. The van der Waals surface area contributed by atoms with Crippen LogP contribution in [0.3, 0.4) is 0 Å². The number of nitrogens with two attached hydrogens (primary N) is 1. The zero-order valence-electron chi connectivity index (χ0n) is 19.6. The molecule has 2 aliphatic rings. The second-order valence-corrected chi connectivity index (χ2v) is 10.3. The van der Waals surface area contributed by atoms with Crippen LogP contribution in [0, 0.1) is 5.92 Å². The molecule has 2 aromatic rings. The molecule has 1 atom stereocenters. The van der Waals surface area contributed by atoms with Crippen LogP contribution in [0.15, 0.2) is 35.1 Å². The maximum atomic E-state index is 13.2. The van der Waals surface area contributed by atoms with Crippen molar-refractivity contribution in [2.45, 2.75) is 77.4 Å². The number of carbonyl (C=O) groups excluding carboxylic acids is 1. The Labute approximate surface area is 201 Å². The van der Waals surface area contributed by atoms with Crippen LogP contribution < -0.4 is 16.8 Å². The Hall–Kier alpha value is -2.15. The highest BCUT2D eigenvalue weighted by Crippen LogP contribution is 2.42. The molecule has 1 saturated carbocycles. The number of halogens is 1. The number of hydrogen-bond acceptors (Lipinski definition) is 4. The minimum atomic E-state index is -0.314. The number of aryl methyl sites for hydroxylation is 1. The summed E-state index contributed by atoms with van der Waals surface area (Å²) in [5.41, 5.74) is 6.02. The van der Waals surface area contributed by atoms with E-state index in [2.05, 4.69) is 24.2 Å². The third-order valence-electron chi connectivity index (χ3n) is 6.97. The van der Waals surface area contributed by atoms with E-state index in [4.69, 9.17) is 17.4 Å². The summed E-state index contributed by atoms with van der Waals surface area (Å²) in [4.78, 5) is 27.4. The van der Waals surface area contributed by atoms with Gasteiger partial charge in [0.05, 0.1) is 0 Å². The van der Waals surface area contributed by atoms with Crippen LogP contribution in [-0.2, 0) is 19.5 Å². The number of rotatable bonds is 9. The fraction of sp³-hybridized carbons (Fsp3) is 0.538. The van der Waals surface area contributed by atoms with Crippen molar-refractivity contribution < 1.29 is 4.79 Å². The minimum absolute atomic E-state index is 0.102. The molecule has 1 aromatic heterocycles. The fourth-order valence-corrected chi connectivity index (χ4v) is 5.32. The molecule has 4 rings (SSSR count). The number of hydrazine groups is 1. The van der Waals surface area contributed by atoms with E-state index in [1.54, 1.807) is 12.1 Å². The summed E-state index contributed by atoms with van der Waals surface area (Å²) < 4.78 is 1.92. The molecular weight excluding hydrogens is 436 g/mol. The third kappa shape index (κ3) is 5.68. The molecule has 0 radical (unpaired) electrons. The Morgan fingerprint density at radius 3 is 2.58 bits per heavy atom. The number of nitrogen functional groups attached to an aromatic ring is 1. The number of likely N-dealkylation sites (tertiary alicyclic amines) is 1. The van der Waals surface area contributed by atoms with Crippen molar-refractivity contribution in [2.24, 2.45) is 11.8 Å². The maximum Gasteiger partial charge on any atom is 0.269 e. The van der Waals surface area contributed by atoms with Gasteiger partial charge < -0.3 is 4.57 Å². The zero-order valence-corrected chi connectivity index (χ0v) is 20.4. The van der Waals surface area contributed by atoms with Crippen molar-refractivity contribution in [3.05, 3.63) is 68.1 Å². The van der Waals surface area contributed by atoms with E-state index >= 15 is 0 Å². The molecule has 3 N–H and O–H groups in total. The standard InChI is InChI=1S/C26H35ClN4O2/c1-17(2)14-21-4-3-12-30(21)16-24-22(19-9-10-19)15-23(27)26(33)31(24)13-11-18-5-7-20(8-6-18)25(32)29-28/h5-8,15,17,19,21H,3-4,9-14,16,28H2,1-2H3,(H,29,32)/t21-/m1/s1. The molecule has 1 aliphatic carbocycles. The predicted octanol–water partition coefficient (Wildman–Crippen LogP) is 4.24. The van der Waals surface area contributed by atoms with Gasteiger partial charge in [-0.3, -0.25) is 19.9 Å². The first-order valence-electron chi connectivity index (χ1n) is 12.1. The van der Waals surface area contributed by atoms with Crippen LogP contribution in [0.4, 0.5) is 0 Å². The molecule has 1 aromatic carbocycles. The Morgan fingerprint density at radius 1 is 1.21 bits per heavy atom. The van der Waals surface area contributed by atoms with E-state index in [1.165, 1.54) is 37.7 Å². The first-order chi connectivity index (χ1) is 15.9. The van der Waals surface area contributed by atoms with Crippen LogP contribution in [0.2, 0.25) is 5.02 Å². The van der Waals surface area contributed by atoms with Gasteiger partial charge >= 0.3 is 0 Å². The monoisotopic (exact) mass is 470 g/mol. The van der Waals surface area contributed by atoms with Gasteiger partial charge in [0.2, 0.25) is 0 Å². The van der Waals surface area contributed by atoms with Gasteiger partial charge in [0.15, 0.2) is 0 Å². The molecule has 7 heteroatoms. The molecule has 0 unspecified atom stereocenters. The summed E-state index contributed by atoms with van der Waals surface area (Å²) in [7, 11) is 0. The number of pyridine rings is 1. The van der Waals surface area contributed by atoms with E-state index in [0.717, 1.165) is 24.3 Å². The number of nitrogens with zero attached hydrogens (tertiary/aromatic N) is 2. The second-order valence-electron chi connectivity index (χ2n) is 9.94. The lowest BCUT2D eigenvalue weighted by molar-refractivity contribution is 0.0953. The highest BCUT2D eigenvalue weighted by atomic mass is 35.5. The second kappa shape index (κ2) is 10.4. The van der Waals surface area contributed by atoms with Crippen molar-refractivity contribution in [1.82, 2.24) is 14.9 Å². The SMILES string of the molecule is CC(C)C[C@H]1CCCN1Cc1c(C2CC2)cc(Cl)c(=O)n1CCc1ccc(C(=O)NN)cc1. The summed E-state index contributed by atoms with van der Waals surface area (Å²) in [6, 6.07) is 9.87. The molecular formula is C26H35ClN4O2. The molecule has 2 fully saturated rings. The summed E-state index contributed by atoms with van der Waals surface area (Å²) >= 11 is 6.43. The fourth-order valence-electron chi connectivity index (χ4n) is 5.10. The molecule has 2 heterocycles. The molecule has 6 nitrogen and oxygen atoms in total. The van der Waals surface area contributed by atoms with Crippen molar-refractivity contribution in [2.75, 3.05) is 6.54 Å². The summed E-state index contributed by atoms with van der Waals surface area (Å²) in [5, 5.41) is 0.316. The molecule has 1 amide bonds. The maximum absolute atomic E-state index is 13.2. The van der Waals surface area contributed by atoms with Crippen molar-refractivity contribution in [3.8, 4) is 0 Å². The topological polar surface area (TPSA) is 80.4 Å². The summed E-state index contributed by atoms with van der Waals surface area (Å²) in [6.07, 6.45) is 6.67. The largest absolute Gasteiger partial charge is 0.309 e. The summed E-state index contributed by atoms with van der Waals surface area (Å²) in [5.74, 6) is 6.08. The number of carbonyl (C=O) groups is 1. The quantitative estimate of drug-likeness (QED) is 0.326. The average molecular weight is 471 g/mol. The van der Waals surface area contributed by atoms with E-state index in [0.29, 0.717) is 41.4 Å². The highest BCUT2D eigenvalue weighted by Gasteiger charge is 2.32. The van der Waals surface area contributed by atoms with Crippen molar-refractivity contribution in [1.29, 1.82) is 0 Å². The molecule has 178 valence electrons. The third-order valence-corrected chi connectivity index (χ3v) is 7.25. The van der Waals surface area contributed by atoms with E-state index in [1.807, 2.05) is 22.8 Å². The van der Waals surface area contributed by atoms with Crippen molar-refractivity contribution >= 4 is 17.5 Å². The Kier molecular flexibility index (Phi) is 7.57. The van der Waals surface area contributed by atoms with Crippen LogP contribution in [-0.4, -0.2) is 28.0 Å². The Bertz CT molecular complexity index is 1040. The van der Waals surface area contributed by atoms with Gasteiger partial charge in [-0.1, -0.05) is 37.6 Å². The molecule has 1 saturated heterocycles. The van der Waals surface area contributed by atoms with Crippen LogP contribution in [0.25, 0.3) is 0 Å². The van der Waals surface area contributed by atoms with Gasteiger partial charge in [-0.05, 0) is 86.2 Å². The van der Waals surface area contributed by atoms with Crippen LogP contribution in [0.1, 0.15) is 79.0 Å². The Balaban J connectivity index is 1.60. The molecule has 0 spiro atoms. The lowest BCUT2D eigenvalue weighted by atomic mass is 10.0. The van der Waals surface area contributed by atoms with Gasteiger partial charge in [0, 0.05) is 30.4 Å². The molecule has 1 aliphatic heterocycles. The van der Waals surface area contributed by atoms with Gasteiger partial charge in [0.25, 0.3) is 11.5 Å². The minimum Gasteiger partial charge on any atom is -0.309 e. The number of nitrogens with one attached hydrogen (secondary N) is 1. The van der Waals surface area contributed by atoms with E-state index in [-0.39, 0.29) is 11.5 Å². The number of aromatic nitrogens is 1. The number of benzene rings is 1. The average Bonchev–Trinajstić information content (AvgIpc) is 3.56. The normalized spacial score (nSPS) is 18.8. The van der Waals surface area contributed by atoms with Gasteiger partial charge in [-0.2, -0.15) is 0 Å². The molecule has 0 bridgehead atoms. The highest BCUT2D eigenvalue weighted by molar-refractivity contribution is 6.30.